The first-order valence-electron chi connectivity index (χ1n) is 12.0. The number of hydrogen-bond acceptors (Lipinski definition) is 0. The molecule has 2 aromatic heterocycles. The van der Waals surface area contributed by atoms with Crippen LogP contribution in [0.2, 0.25) is 0 Å². The van der Waals surface area contributed by atoms with E-state index in [-0.39, 0.29) is 5.41 Å². The lowest BCUT2D eigenvalue weighted by molar-refractivity contribution is 0.590. The fourth-order valence-corrected chi connectivity index (χ4v) is 5.52. The topological polar surface area (TPSA) is 20.7 Å². The average molecular weight is 439 g/mol. The number of benzene rings is 5. The quantitative estimate of drug-likeness (QED) is 0.264. The van der Waals surface area contributed by atoms with E-state index in [1.54, 1.807) is 0 Å². The molecule has 2 heterocycles. The smallest absolute Gasteiger partial charge is 0.0549 e. The molecule has 0 aliphatic rings. The second-order valence-corrected chi connectivity index (χ2v) is 10.4. The lowest BCUT2D eigenvalue weighted by Gasteiger charge is -2.19. The molecule has 164 valence electrons. The highest BCUT2D eigenvalue weighted by atomic mass is 15.0. The van der Waals surface area contributed by atoms with E-state index in [0.29, 0.717) is 0 Å². The van der Waals surface area contributed by atoms with Gasteiger partial charge in [-0.3, -0.25) is 0 Å². The molecular weight excluding hydrogens is 412 g/mol. The zero-order chi connectivity index (χ0) is 23.0. The third-order valence-electron chi connectivity index (χ3n) is 7.27. The van der Waals surface area contributed by atoms with Crippen molar-refractivity contribution in [2.75, 3.05) is 0 Å². The van der Waals surface area contributed by atoms with E-state index >= 15 is 0 Å². The van der Waals surface area contributed by atoms with Crippen LogP contribution in [-0.2, 0) is 5.41 Å². The molecular formula is C32H26N2. The van der Waals surface area contributed by atoms with Crippen molar-refractivity contribution in [1.82, 2.24) is 9.55 Å². The van der Waals surface area contributed by atoms with Crippen molar-refractivity contribution in [2.24, 2.45) is 0 Å². The number of aromatic nitrogens is 2. The standard InChI is InChI=1S/C32H26N2/c1-32(2,3)21-13-15-22(16-14-21)34-29-17-12-20-8-4-5-9-23(20)31(29)26-18-28-25(19-30(26)34)24-10-6-7-11-27(24)33-28/h4-19,33H,1-3H3. The van der Waals surface area contributed by atoms with Crippen LogP contribution in [0.15, 0.2) is 97.1 Å². The van der Waals surface area contributed by atoms with Gasteiger partial charge in [0, 0.05) is 38.3 Å². The third kappa shape index (κ3) is 2.69. The molecule has 0 atom stereocenters. The molecule has 0 radical (unpaired) electrons. The van der Waals surface area contributed by atoms with Gasteiger partial charge >= 0.3 is 0 Å². The molecule has 2 nitrogen and oxygen atoms in total. The summed E-state index contributed by atoms with van der Waals surface area (Å²) in [5, 5.41) is 7.70. The van der Waals surface area contributed by atoms with Gasteiger partial charge in [-0.25, -0.2) is 0 Å². The molecule has 0 spiro atoms. The summed E-state index contributed by atoms with van der Waals surface area (Å²) in [6.07, 6.45) is 0. The van der Waals surface area contributed by atoms with Crippen LogP contribution >= 0.6 is 0 Å². The highest BCUT2D eigenvalue weighted by molar-refractivity contribution is 6.24. The van der Waals surface area contributed by atoms with Crippen molar-refractivity contribution in [3.8, 4) is 5.69 Å². The first kappa shape index (κ1) is 19.4. The molecule has 0 aliphatic carbocycles. The zero-order valence-corrected chi connectivity index (χ0v) is 19.7. The number of para-hydroxylation sites is 1. The maximum Gasteiger partial charge on any atom is 0.0549 e. The van der Waals surface area contributed by atoms with Gasteiger partial charge in [-0.1, -0.05) is 81.4 Å². The van der Waals surface area contributed by atoms with E-state index in [1.807, 2.05) is 0 Å². The lowest BCUT2D eigenvalue weighted by Crippen LogP contribution is -2.10. The summed E-state index contributed by atoms with van der Waals surface area (Å²) in [4.78, 5) is 3.65. The molecule has 5 aromatic carbocycles. The van der Waals surface area contributed by atoms with Crippen LogP contribution < -0.4 is 0 Å². The monoisotopic (exact) mass is 438 g/mol. The van der Waals surface area contributed by atoms with Crippen LogP contribution in [0.3, 0.4) is 0 Å². The Bertz CT molecular complexity index is 1870. The fraction of sp³-hybridized carbons (Fsp3) is 0.125. The Morgan fingerprint density at radius 1 is 0.588 bits per heavy atom. The number of aromatic amines is 1. The molecule has 7 aromatic rings. The van der Waals surface area contributed by atoms with Crippen molar-refractivity contribution in [1.29, 1.82) is 0 Å². The Hall–Kier alpha value is -4.04. The van der Waals surface area contributed by atoms with Crippen LogP contribution in [0.5, 0.6) is 0 Å². The minimum Gasteiger partial charge on any atom is -0.354 e. The van der Waals surface area contributed by atoms with Crippen LogP contribution in [0, 0.1) is 0 Å². The maximum absolute atomic E-state index is 3.65. The predicted octanol–water partition coefficient (Wildman–Crippen LogP) is 8.87. The SMILES string of the molecule is CC(C)(C)c1ccc(-n2c3cc4c(cc3c3c5ccccc5ccc32)[nH]c2ccccc24)cc1. The van der Waals surface area contributed by atoms with Crippen LogP contribution in [0.4, 0.5) is 0 Å². The summed E-state index contributed by atoms with van der Waals surface area (Å²) < 4.78 is 2.44. The normalized spacial score (nSPS) is 12.6. The highest BCUT2D eigenvalue weighted by Gasteiger charge is 2.18. The molecule has 0 unspecified atom stereocenters. The first-order valence-corrected chi connectivity index (χ1v) is 12.0. The van der Waals surface area contributed by atoms with Gasteiger partial charge in [-0.15, -0.1) is 0 Å². The van der Waals surface area contributed by atoms with Gasteiger partial charge in [0.05, 0.1) is 11.0 Å². The Labute approximate surface area is 198 Å². The van der Waals surface area contributed by atoms with Gasteiger partial charge in [0.25, 0.3) is 0 Å². The van der Waals surface area contributed by atoms with E-state index in [2.05, 4.69) is 127 Å². The second kappa shape index (κ2) is 6.74. The van der Waals surface area contributed by atoms with E-state index in [9.17, 15) is 0 Å². The Balaban J connectivity index is 1.65. The molecule has 7 rings (SSSR count). The molecule has 2 heteroatoms. The van der Waals surface area contributed by atoms with E-state index in [0.717, 1.165) is 0 Å². The Kier molecular flexibility index (Phi) is 3.85. The molecule has 34 heavy (non-hydrogen) atoms. The van der Waals surface area contributed by atoms with E-state index < -0.39 is 0 Å². The maximum atomic E-state index is 3.65. The Morgan fingerprint density at radius 2 is 1.32 bits per heavy atom. The highest BCUT2D eigenvalue weighted by Crippen LogP contribution is 2.40. The molecule has 0 bridgehead atoms. The number of H-pyrrole nitrogens is 1. The number of nitrogens with one attached hydrogen (secondary N) is 1. The van der Waals surface area contributed by atoms with Gasteiger partial charge in [0.1, 0.15) is 0 Å². The van der Waals surface area contributed by atoms with Crippen molar-refractivity contribution in [3.63, 3.8) is 0 Å². The zero-order valence-electron chi connectivity index (χ0n) is 19.7. The summed E-state index contributed by atoms with van der Waals surface area (Å²) in [6, 6.07) is 35.6. The fourth-order valence-electron chi connectivity index (χ4n) is 5.52. The lowest BCUT2D eigenvalue weighted by atomic mass is 9.87. The van der Waals surface area contributed by atoms with Gasteiger partial charge in [0.15, 0.2) is 0 Å². The third-order valence-corrected chi connectivity index (χ3v) is 7.27. The number of hydrogen-bond donors (Lipinski definition) is 1. The van der Waals surface area contributed by atoms with Crippen LogP contribution in [-0.4, -0.2) is 9.55 Å². The van der Waals surface area contributed by atoms with Gasteiger partial charge in [0.2, 0.25) is 0 Å². The van der Waals surface area contributed by atoms with Crippen molar-refractivity contribution < 1.29 is 0 Å². The number of nitrogens with zero attached hydrogens (tertiary/aromatic N) is 1. The van der Waals surface area contributed by atoms with Gasteiger partial charge in [-0.2, -0.15) is 0 Å². The van der Waals surface area contributed by atoms with E-state index in [1.165, 1.54) is 65.6 Å². The molecule has 1 N–H and O–H groups in total. The summed E-state index contributed by atoms with van der Waals surface area (Å²) in [5.41, 5.74) is 7.53. The van der Waals surface area contributed by atoms with Gasteiger partial charge in [-0.05, 0) is 58.1 Å². The molecule has 0 saturated carbocycles. The molecule has 0 fully saturated rings. The summed E-state index contributed by atoms with van der Waals surface area (Å²) >= 11 is 0. The van der Waals surface area contributed by atoms with Crippen molar-refractivity contribution in [2.45, 2.75) is 26.2 Å². The summed E-state index contributed by atoms with van der Waals surface area (Å²) in [6.45, 7) is 6.80. The Morgan fingerprint density at radius 3 is 2.12 bits per heavy atom. The van der Waals surface area contributed by atoms with Crippen LogP contribution in [0.25, 0.3) is 60.1 Å². The summed E-state index contributed by atoms with van der Waals surface area (Å²) in [5.74, 6) is 0. The predicted molar refractivity (Wildman–Crippen MR) is 146 cm³/mol. The first-order chi connectivity index (χ1) is 16.5. The van der Waals surface area contributed by atoms with Crippen LogP contribution in [0.1, 0.15) is 26.3 Å². The van der Waals surface area contributed by atoms with Crippen molar-refractivity contribution in [3.05, 3.63) is 103 Å². The molecule has 0 aliphatic heterocycles. The minimum absolute atomic E-state index is 0.131. The number of fused-ring (bicyclic) bond motifs is 8. The van der Waals surface area contributed by atoms with E-state index in [4.69, 9.17) is 0 Å². The van der Waals surface area contributed by atoms with Gasteiger partial charge < -0.3 is 9.55 Å². The number of rotatable bonds is 1. The van der Waals surface area contributed by atoms with Crippen molar-refractivity contribution >= 4 is 54.4 Å². The molecule has 0 amide bonds. The largest absolute Gasteiger partial charge is 0.354 e. The minimum atomic E-state index is 0.131. The summed E-state index contributed by atoms with van der Waals surface area (Å²) in [7, 11) is 0. The molecule has 0 saturated heterocycles. The average Bonchev–Trinajstić information content (AvgIpc) is 3.37. The second-order valence-electron chi connectivity index (χ2n) is 10.4.